The Kier molecular flexibility index (Phi) is 6.22. The topological polar surface area (TPSA) is 37.4 Å². The second kappa shape index (κ2) is 7.43. The lowest BCUT2D eigenvalue weighted by Gasteiger charge is -2.29. The summed E-state index contributed by atoms with van der Waals surface area (Å²) in [5.41, 5.74) is 1.49. The van der Waals surface area contributed by atoms with E-state index < -0.39 is 0 Å². The van der Waals surface area contributed by atoms with Crippen molar-refractivity contribution in [3.8, 4) is 0 Å². The van der Waals surface area contributed by atoms with E-state index in [9.17, 15) is 9.59 Å². The quantitative estimate of drug-likeness (QED) is 0.543. The monoisotopic (exact) mass is 279 g/mol. The Balaban J connectivity index is 0.000000258. The lowest BCUT2D eigenvalue weighted by molar-refractivity contribution is -0.140. The molecule has 1 aliphatic carbocycles. The maximum Gasteiger partial charge on any atom is 0.253 e. The molecule has 106 valence electrons. The largest absolute Gasteiger partial charge is 0.272 e. The van der Waals surface area contributed by atoms with Gasteiger partial charge in [-0.3, -0.25) is 14.5 Å². The molecule has 0 aromatic rings. The minimum atomic E-state index is -0.128. The molecule has 1 heterocycles. The maximum absolute atomic E-state index is 11.3. The van der Waals surface area contributed by atoms with Crippen LogP contribution in [0.25, 0.3) is 0 Å². The zero-order valence-corrected chi connectivity index (χ0v) is 14.5. The van der Waals surface area contributed by atoms with E-state index in [0.29, 0.717) is 0 Å². The summed E-state index contributed by atoms with van der Waals surface area (Å²) in [7, 11) is 1.23. The predicted octanol–water partition coefficient (Wildman–Crippen LogP) is 1.91. The molecule has 0 atom stereocenters. The highest BCUT2D eigenvalue weighted by Crippen LogP contribution is 2.24. The van der Waals surface area contributed by atoms with Crippen LogP contribution in [0, 0.1) is 0 Å². The maximum atomic E-state index is 11.3. The number of carbonyl (C=O) groups excluding carboxylic acids is 2. The Morgan fingerprint density at radius 3 is 1.84 bits per heavy atom. The molecule has 0 saturated heterocycles. The average Bonchev–Trinajstić information content (AvgIpc) is 2.71. The summed E-state index contributed by atoms with van der Waals surface area (Å²) in [5, 5.41) is 1.56. The van der Waals surface area contributed by atoms with E-state index in [1.807, 2.05) is 0 Å². The van der Waals surface area contributed by atoms with Crippen LogP contribution in [0.2, 0.25) is 0 Å². The second-order valence-electron chi connectivity index (χ2n) is 5.67. The van der Waals surface area contributed by atoms with Crippen LogP contribution in [0.3, 0.4) is 0 Å². The van der Waals surface area contributed by atoms with Crippen molar-refractivity contribution in [3.05, 3.63) is 22.9 Å². The number of amides is 2. The molecule has 0 bridgehead atoms. The van der Waals surface area contributed by atoms with E-state index in [1.54, 1.807) is 5.20 Å². The van der Waals surface area contributed by atoms with Gasteiger partial charge in [-0.25, -0.2) is 0 Å². The Bertz CT molecular complexity index is 370. The van der Waals surface area contributed by atoms with E-state index in [0.717, 1.165) is 25.7 Å². The smallest absolute Gasteiger partial charge is 0.253 e. The number of rotatable bonds is 1. The third-order valence-electron chi connectivity index (χ3n) is 3.78. The van der Waals surface area contributed by atoms with Crippen LogP contribution < -0.4 is 0 Å². The third-order valence-corrected chi connectivity index (χ3v) is 4.78. The van der Waals surface area contributed by atoms with Crippen molar-refractivity contribution in [2.24, 2.45) is 0 Å². The first-order chi connectivity index (χ1) is 8.93. The van der Waals surface area contributed by atoms with Gasteiger partial charge in [0.2, 0.25) is 0 Å². The fourth-order valence-electron chi connectivity index (χ4n) is 2.11. The van der Waals surface area contributed by atoms with Crippen LogP contribution in [0.5, 0.6) is 0 Å². The zero-order valence-electron chi connectivity index (χ0n) is 12.5. The second-order valence-corrected chi connectivity index (χ2v) is 7.17. The highest BCUT2D eigenvalue weighted by Gasteiger charge is 2.31. The van der Waals surface area contributed by atoms with Gasteiger partial charge in [-0.15, -0.1) is 0 Å². The lowest BCUT2D eigenvalue weighted by atomic mass is 9.94. The number of allylic oxidation sites excluding steroid dienone is 2. The van der Waals surface area contributed by atoms with Crippen molar-refractivity contribution in [2.45, 2.75) is 58.9 Å². The highest BCUT2D eigenvalue weighted by atomic mass is 28.1. The average molecular weight is 279 g/mol. The van der Waals surface area contributed by atoms with Gasteiger partial charge in [-0.1, -0.05) is 30.0 Å². The molecule has 19 heavy (non-hydrogen) atoms. The van der Waals surface area contributed by atoms with Gasteiger partial charge in [0.15, 0.2) is 0 Å². The molecule has 2 amide bonds. The number of carbonyl (C=O) groups is 2. The van der Waals surface area contributed by atoms with Crippen LogP contribution in [0.1, 0.15) is 52.9 Å². The van der Waals surface area contributed by atoms with Gasteiger partial charge in [0.05, 0.1) is 0 Å². The van der Waals surface area contributed by atoms with E-state index >= 15 is 0 Å². The van der Waals surface area contributed by atoms with Gasteiger partial charge in [0.25, 0.3) is 11.8 Å². The molecular formula is C15H25NO2Si. The predicted molar refractivity (Wildman–Crippen MR) is 81.9 cm³/mol. The van der Waals surface area contributed by atoms with Crippen LogP contribution in [-0.2, 0) is 9.59 Å². The first-order valence-electron chi connectivity index (χ1n) is 7.09. The highest BCUT2D eigenvalue weighted by molar-refractivity contribution is 6.21. The van der Waals surface area contributed by atoms with Crippen LogP contribution in [-0.4, -0.2) is 33.0 Å². The van der Waals surface area contributed by atoms with Gasteiger partial charge >= 0.3 is 0 Å². The fraction of sp³-hybridized carbons (Fsp3) is 0.600. The van der Waals surface area contributed by atoms with Gasteiger partial charge in [-0.05, 0) is 33.6 Å². The van der Waals surface area contributed by atoms with Gasteiger partial charge < -0.3 is 0 Å². The summed E-state index contributed by atoms with van der Waals surface area (Å²) in [6.07, 6.45) is 8.23. The summed E-state index contributed by atoms with van der Waals surface area (Å²) in [6.45, 7) is 6.49. The molecule has 3 nitrogen and oxygen atoms in total. The van der Waals surface area contributed by atoms with E-state index in [4.69, 9.17) is 0 Å². The summed E-state index contributed by atoms with van der Waals surface area (Å²) in [6, 6.07) is 0.170. The normalized spacial score (nSPS) is 19.4. The summed E-state index contributed by atoms with van der Waals surface area (Å²) < 4.78 is 0. The van der Waals surface area contributed by atoms with E-state index in [1.165, 1.54) is 39.3 Å². The Morgan fingerprint density at radius 1 is 1.05 bits per heavy atom. The van der Waals surface area contributed by atoms with Gasteiger partial charge in [0, 0.05) is 28.4 Å². The Hall–Kier alpha value is -1.16. The number of imide groups is 1. The standard InChI is InChI=1S/C10H13NO2.C5H12Si/c12-9-6-7-10(13)11(9)8-4-2-1-3-5-8;1-4(2)5(3)6/h6-8H,1-5H2;1-3,6H3. The van der Waals surface area contributed by atoms with Gasteiger partial charge in [0.1, 0.15) is 0 Å². The molecule has 1 saturated carbocycles. The lowest BCUT2D eigenvalue weighted by Crippen LogP contribution is -2.41. The molecular weight excluding hydrogens is 254 g/mol. The van der Waals surface area contributed by atoms with Crippen molar-refractivity contribution < 1.29 is 9.59 Å². The molecule has 2 rings (SSSR count). The Labute approximate surface area is 119 Å². The first-order valence-corrected chi connectivity index (χ1v) is 8.09. The fourth-order valence-corrected chi connectivity index (χ4v) is 2.11. The number of nitrogens with zero attached hydrogens (tertiary/aromatic N) is 1. The Morgan fingerprint density at radius 2 is 1.47 bits per heavy atom. The van der Waals surface area contributed by atoms with Crippen LogP contribution in [0.4, 0.5) is 0 Å². The number of hydrogen-bond donors (Lipinski definition) is 0. The molecule has 0 spiro atoms. The van der Waals surface area contributed by atoms with Crippen molar-refractivity contribution in [3.63, 3.8) is 0 Å². The molecule has 4 heteroatoms. The van der Waals surface area contributed by atoms with Crippen molar-refractivity contribution in [1.82, 2.24) is 4.90 Å². The molecule has 0 radical (unpaired) electrons. The van der Waals surface area contributed by atoms with Crippen molar-refractivity contribution in [2.75, 3.05) is 0 Å². The molecule has 0 N–H and O–H groups in total. The number of hydrogen-bond acceptors (Lipinski definition) is 2. The van der Waals surface area contributed by atoms with Crippen LogP contribution >= 0.6 is 0 Å². The molecule has 1 aliphatic heterocycles. The molecule has 0 aromatic carbocycles. The summed E-state index contributed by atoms with van der Waals surface area (Å²) >= 11 is 0. The molecule has 0 aromatic heterocycles. The zero-order chi connectivity index (χ0) is 14.4. The summed E-state index contributed by atoms with van der Waals surface area (Å²) in [4.78, 5) is 24.0. The van der Waals surface area contributed by atoms with Crippen molar-refractivity contribution >= 4 is 22.1 Å². The van der Waals surface area contributed by atoms with Crippen molar-refractivity contribution in [1.29, 1.82) is 0 Å². The summed E-state index contributed by atoms with van der Waals surface area (Å²) in [5.74, 6) is -0.256. The molecule has 0 unspecified atom stereocenters. The van der Waals surface area contributed by atoms with E-state index in [-0.39, 0.29) is 17.9 Å². The molecule has 1 fully saturated rings. The molecule has 2 aliphatic rings. The first kappa shape index (κ1) is 15.9. The van der Waals surface area contributed by atoms with Crippen LogP contribution in [0.15, 0.2) is 22.9 Å². The SMILES string of the molecule is CC(C)=C(C)[SiH3].O=C1C=CC(=O)N1C1CCCCC1. The van der Waals surface area contributed by atoms with E-state index in [2.05, 4.69) is 20.8 Å². The minimum absolute atomic E-state index is 0.128. The van der Waals surface area contributed by atoms with Gasteiger partial charge in [-0.2, -0.15) is 0 Å². The minimum Gasteiger partial charge on any atom is -0.272 e. The third kappa shape index (κ3) is 4.78.